The Bertz CT molecular complexity index is 1050. The molecule has 1 amide bonds. The maximum absolute atomic E-state index is 13.0. The van der Waals surface area contributed by atoms with Crippen LogP contribution in [-0.2, 0) is 14.3 Å². The molecule has 0 unspecified atom stereocenters. The predicted molar refractivity (Wildman–Crippen MR) is 120 cm³/mol. The maximum atomic E-state index is 13.0. The van der Waals surface area contributed by atoms with Gasteiger partial charge in [0.1, 0.15) is 17.4 Å². The third-order valence-corrected chi connectivity index (χ3v) is 5.64. The molecule has 5 nitrogen and oxygen atoms in total. The van der Waals surface area contributed by atoms with Gasteiger partial charge in [-0.2, -0.15) is 0 Å². The molecule has 0 spiro atoms. The van der Waals surface area contributed by atoms with Gasteiger partial charge in [-0.1, -0.05) is 62.4 Å². The molecule has 0 fully saturated rings. The maximum Gasteiger partial charge on any atom is 0.318 e. The molecule has 0 saturated heterocycles. The Balaban J connectivity index is 1.43. The standard InChI is InChI=1S/C26H25NO4/c1-3-17(2)18-12-14-19(15-13-18)27-24(28)16-30-26(29)25-20-8-4-6-10-22(20)31-23-11-7-5-9-21(23)25/h4-15,17,25H,3,16H2,1-2H3,(H,27,28)/t17-/m0/s1. The summed E-state index contributed by atoms with van der Waals surface area (Å²) < 4.78 is 11.3. The number of para-hydroxylation sites is 2. The molecule has 1 heterocycles. The number of amides is 1. The van der Waals surface area contributed by atoms with Crippen molar-refractivity contribution in [1.82, 2.24) is 0 Å². The molecule has 0 radical (unpaired) electrons. The first kappa shape index (κ1) is 20.7. The van der Waals surface area contributed by atoms with E-state index in [1.54, 1.807) is 0 Å². The second kappa shape index (κ2) is 9.04. The van der Waals surface area contributed by atoms with E-state index in [2.05, 4.69) is 19.2 Å². The average molecular weight is 415 g/mol. The Morgan fingerprint density at radius 1 is 0.935 bits per heavy atom. The fourth-order valence-electron chi connectivity index (χ4n) is 3.71. The fourth-order valence-corrected chi connectivity index (χ4v) is 3.71. The highest BCUT2D eigenvalue weighted by Crippen LogP contribution is 2.44. The number of nitrogens with one attached hydrogen (secondary N) is 1. The number of carbonyl (C=O) groups is 2. The number of carbonyl (C=O) groups excluding carboxylic acids is 2. The lowest BCUT2D eigenvalue weighted by atomic mass is 9.88. The number of esters is 1. The van der Waals surface area contributed by atoms with Crippen LogP contribution < -0.4 is 10.1 Å². The highest BCUT2D eigenvalue weighted by Gasteiger charge is 2.33. The zero-order valence-corrected chi connectivity index (χ0v) is 17.6. The minimum Gasteiger partial charge on any atom is -0.457 e. The molecule has 1 N–H and O–H groups in total. The lowest BCUT2D eigenvalue weighted by Crippen LogP contribution is -2.26. The van der Waals surface area contributed by atoms with Gasteiger partial charge in [-0.3, -0.25) is 9.59 Å². The molecular weight excluding hydrogens is 390 g/mol. The quantitative estimate of drug-likeness (QED) is 0.531. The first-order valence-corrected chi connectivity index (χ1v) is 10.5. The number of anilines is 1. The smallest absolute Gasteiger partial charge is 0.318 e. The van der Waals surface area contributed by atoms with Crippen LogP contribution in [0, 0.1) is 0 Å². The Hall–Kier alpha value is -3.60. The summed E-state index contributed by atoms with van der Waals surface area (Å²) in [5, 5.41) is 2.78. The Labute approximate surface area is 182 Å². The fraction of sp³-hybridized carbons (Fsp3) is 0.231. The van der Waals surface area contributed by atoms with Crippen LogP contribution in [0.1, 0.15) is 48.8 Å². The highest BCUT2D eigenvalue weighted by molar-refractivity contribution is 5.94. The van der Waals surface area contributed by atoms with Crippen LogP contribution in [0.4, 0.5) is 5.69 Å². The van der Waals surface area contributed by atoms with Gasteiger partial charge < -0.3 is 14.8 Å². The number of rotatable bonds is 6. The third-order valence-electron chi connectivity index (χ3n) is 5.64. The minimum absolute atomic E-state index is 0.354. The molecule has 0 saturated carbocycles. The van der Waals surface area contributed by atoms with Gasteiger partial charge in [0.25, 0.3) is 5.91 Å². The van der Waals surface area contributed by atoms with Gasteiger partial charge in [-0.05, 0) is 42.2 Å². The molecule has 5 heteroatoms. The molecule has 158 valence electrons. The lowest BCUT2D eigenvalue weighted by molar-refractivity contribution is -0.148. The number of hydrogen-bond acceptors (Lipinski definition) is 4. The molecule has 4 rings (SSSR count). The first-order valence-electron chi connectivity index (χ1n) is 10.5. The van der Waals surface area contributed by atoms with Crippen LogP contribution in [-0.4, -0.2) is 18.5 Å². The van der Waals surface area contributed by atoms with E-state index in [0.717, 1.165) is 17.5 Å². The summed E-state index contributed by atoms with van der Waals surface area (Å²) in [6.45, 7) is 3.96. The van der Waals surface area contributed by atoms with Crippen LogP contribution in [0.2, 0.25) is 0 Å². The Kier molecular flexibility index (Phi) is 6.03. The van der Waals surface area contributed by atoms with Crippen LogP contribution >= 0.6 is 0 Å². The van der Waals surface area contributed by atoms with Crippen LogP contribution in [0.25, 0.3) is 0 Å². The van der Waals surface area contributed by atoms with Gasteiger partial charge in [0.2, 0.25) is 0 Å². The van der Waals surface area contributed by atoms with Crippen molar-refractivity contribution >= 4 is 17.6 Å². The Morgan fingerprint density at radius 3 is 2.10 bits per heavy atom. The van der Waals surface area contributed by atoms with Gasteiger partial charge in [0.15, 0.2) is 6.61 Å². The van der Waals surface area contributed by atoms with Gasteiger partial charge >= 0.3 is 5.97 Å². The summed E-state index contributed by atoms with van der Waals surface area (Å²) in [7, 11) is 0. The molecule has 1 aliphatic rings. The summed E-state index contributed by atoms with van der Waals surface area (Å²) in [6.07, 6.45) is 1.06. The van der Waals surface area contributed by atoms with Gasteiger partial charge in [0, 0.05) is 16.8 Å². The number of fused-ring (bicyclic) bond motifs is 2. The third kappa shape index (κ3) is 4.45. The van der Waals surface area contributed by atoms with Crippen molar-refractivity contribution in [2.24, 2.45) is 0 Å². The monoisotopic (exact) mass is 415 g/mol. The van der Waals surface area contributed by atoms with E-state index < -0.39 is 11.9 Å². The number of ether oxygens (including phenoxy) is 2. The largest absolute Gasteiger partial charge is 0.457 e. The molecule has 31 heavy (non-hydrogen) atoms. The molecule has 0 bridgehead atoms. The molecule has 1 atom stereocenters. The van der Waals surface area contributed by atoms with E-state index >= 15 is 0 Å². The summed E-state index contributed by atoms with van der Waals surface area (Å²) in [5.41, 5.74) is 3.36. The van der Waals surface area contributed by atoms with Crippen molar-refractivity contribution in [3.63, 3.8) is 0 Å². The number of hydrogen-bond donors (Lipinski definition) is 1. The van der Waals surface area contributed by atoms with E-state index in [-0.39, 0.29) is 12.5 Å². The van der Waals surface area contributed by atoms with E-state index in [9.17, 15) is 9.59 Å². The predicted octanol–water partition coefficient (Wildman–Crippen LogP) is 5.62. The lowest BCUT2D eigenvalue weighted by Gasteiger charge is -2.26. The second-order valence-corrected chi connectivity index (χ2v) is 7.70. The Morgan fingerprint density at radius 2 is 1.52 bits per heavy atom. The molecule has 3 aromatic carbocycles. The molecule has 1 aliphatic heterocycles. The second-order valence-electron chi connectivity index (χ2n) is 7.70. The summed E-state index contributed by atoms with van der Waals surface area (Å²) in [6, 6.07) is 22.5. The summed E-state index contributed by atoms with van der Waals surface area (Å²) >= 11 is 0. The van der Waals surface area contributed by atoms with Crippen molar-refractivity contribution in [1.29, 1.82) is 0 Å². The van der Waals surface area contributed by atoms with Crippen molar-refractivity contribution in [3.8, 4) is 11.5 Å². The normalized spacial score (nSPS) is 13.4. The average Bonchev–Trinajstić information content (AvgIpc) is 2.81. The zero-order chi connectivity index (χ0) is 21.8. The molecule has 3 aromatic rings. The minimum atomic E-state index is -0.635. The van der Waals surface area contributed by atoms with Crippen LogP contribution in [0.3, 0.4) is 0 Å². The number of benzene rings is 3. The molecule has 0 aromatic heterocycles. The van der Waals surface area contributed by atoms with Crippen molar-refractivity contribution < 1.29 is 19.1 Å². The van der Waals surface area contributed by atoms with E-state index in [4.69, 9.17) is 9.47 Å². The van der Waals surface area contributed by atoms with Gasteiger partial charge in [0.05, 0.1) is 0 Å². The van der Waals surface area contributed by atoms with Crippen molar-refractivity contribution in [2.75, 3.05) is 11.9 Å². The van der Waals surface area contributed by atoms with E-state index in [0.29, 0.717) is 23.1 Å². The molecular formula is C26H25NO4. The van der Waals surface area contributed by atoms with Crippen LogP contribution in [0.5, 0.6) is 11.5 Å². The van der Waals surface area contributed by atoms with Crippen molar-refractivity contribution in [3.05, 3.63) is 89.5 Å². The highest BCUT2D eigenvalue weighted by atomic mass is 16.5. The van der Waals surface area contributed by atoms with E-state index in [1.807, 2.05) is 72.8 Å². The molecule has 0 aliphatic carbocycles. The van der Waals surface area contributed by atoms with Crippen molar-refractivity contribution in [2.45, 2.75) is 32.1 Å². The van der Waals surface area contributed by atoms with Gasteiger partial charge in [-0.25, -0.2) is 0 Å². The van der Waals surface area contributed by atoms with Gasteiger partial charge in [-0.15, -0.1) is 0 Å². The summed E-state index contributed by atoms with van der Waals surface area (Å²) in [4.78, 5) is 25.3. The first-order chi connectivity index (χ1) is 15.1. The topological polar surface area (TPSA) is 64.6 Å². The SMILES string of the molecule is CC[C@H](C)c1ccc(NC(=O)COC(=O)C2c3ccccc3Oc3ccccc32)cc1. The van der Waals surface area contributed by atoms with E-state index in [1.165, 1.54) is 5.56 Å². The zero-order valence-electron chi connectivity index (χ0n) is 17.6. The van der Waals surface area contributed by atoms with Crippen LogP contribution in [0.15, 0.2) is 72.8 Å². The summed E-state index contributed by atoms with van der Waals surface area (Å²) in [5.74, 6) is 0.214.